The maximum Gasteiger partial charge on any atom is 0.211 e. The van der Waals surface area contributed by atoms with Gasteiger partial charge in [-0.2, -0.15) is 0 Å². The van der Waals surface area contributed by atoms with Crippen molar-refractivity contribution in [3.05, 3.63) is 12.2 Å². The molecule has 0 aromatic rings. The van der Waals surface area contributed by atoms with Crippen LogP contribution in [0.5, 0.6) is 0 Å². The van der Waals surface area contributed by atoms with E-state index in [1.54, 1.807) is 7.11 Å². The van der Waals surface area contributed by atoms with Gasteiger partial charge in [-0.1, -0.05) is 13.5 Å². The molecule has 13 nitrogen and oxygen atoms in total. The first kappa shape index (κ1) is 36.3. The fourth-order valence-electron chi connectivity index (χ4n) is 11.3. The molecule has 2 spiro atoms. The molecule has 10 aliphatic heterocycles. The molecule has 18 atom stereocenters. The number of aliphatic imine (C=N–C) groups is 1. The number of carbonyl (C=O) groups excluding carboxylic acids is 1. The van der Waals surface area contributed by atoms with Gasteiger partial charge >= 0.3 is 0 Å². The first-order valence-electron chi connectivity index (χ1n) is 20.0. The number of aliphatic hydroxyl groups excluding tert-OH is 3. The number of Topliss-reactive ketones (excluding diaryl/α,β-unsaturated/α-hetero) is 1. The summed E-state index contributed by atoms with van der Waals surface area (Å²) in [4.78, 5) is 19.7. The second-order valence-corrected chi connectivity index (χ2v) is 17.3. The molecule has 0 aliphatic carbocycles. The molecule has 0 amide bonds. The molecule has 10 rings (SSSR count). The molecule has 7 saturated heterocycles. The van der Waals surface area contributed by atoms with Crippen LogP contribution in [-0.4, -0.2) is 137 Å². The summed E-state index contributed by atoms with van der Waals surface area (Å²) in [7, 11) is 1.62. The molecule has 3 N–H and O–H groups in total. The summed E-state index contributed by atoms with van der Waals surface area (Å²) < 4.78 is 54.3. The van der Waals surface area contributed by atoms with Crippen molar-refractivity contribution < 1.29 is 58.0 Å². The first-order chi connectivity index (χ1) is 25.0. The third-order valence-corrected chi connectivity index (χ3v) is 13.8. The lowest BCUT2D eigenvalue weighted by molar-refractivity contribution is -0.316. The Morgan fingerprint density at radius 3 is 2.56 bits per heavy atom. The molecule has 52 heavy (non-hydrogen) atoms. The first-order valence-corrected chi connectivity index (χ1v) is 20.0. The maximum absolute atomic E-state index is 14.0. The molecule has 0 radical (unpaired) electrons. The summed E-state index contributed by atoms with van der Waals surface area (Å²) in [6.45, 7) is 6.22. The third kappa shape index (κ3) is 6.37. The lowest BCUT2D eigenvalue weighted by atomic mass is 9.79. The van der Waals surface area contributed by atoms with E-state index in [1.165, 1.54) is 0 Å². The highest BCUT2D eigenvalue weighted by molar-refractivity contribution is 5.92. The predicted molar refractivity (Wildman–Crippen MR) is 183 cm³/mol. The van der Waals surface area contributed by atoms with Crippen LogP contribution < -0.4 is 0 Å². The minimum atomic E-state index is -1.23. The highest BCUT2D eigenvalue weighted by atomic mass is 16.7. The summed E-state index contributed by atoms with van der Waals surface area (Å²) in [6, 6.07) is 0. The average Bonchev–Trinajstić information content (AvgIpc) is 3.71. The Kier molecular flexibility index (Phi) is 9.76. The summed E-state index contributed by atoms with van der Waals surface area (Å²) in [5, 5.41) is 31.4. The number of hydrogen-bond acceptors (Lipinski definition) is 13. The van der Waals surface area contributed by atoms with Gasteiger partial charge in [-0.05, 0) is 56.4 Å². The molecular formula is C39H57NO12. The number of ether oxygens (including phenoxy) is 8. The molecular weight excluding hydrogens is 674 g/mol. The number of aliphatic hydroxyl groups is 3. The van der Waals surface area contributed by atoms with E-state index in [4.69, 9.17) is 42.9 Å². The van der Waals surface area contributed by atoms with Crippen molar-refractivity contribution in [2.45, 2.75) is 194 Å². The molecule has 0 saturated carbocycles. The van der Waals surface area contributed by atoms with E-state index < -0.39 is 72.6 Å². The lowest BCUT2D eigenvalue weighted by Crippen LogP contribution is -2.66. The molecule has 10 heterocycles. The van der Waals surface area contributed by atoms with Crippen LogP contribution in [0.1, 0.15) is 96.8 Å². The van der Waals surface area contributed by atoms with Crippen molar-refractivity contribution in [3.8, 4) is 0 Å². The Morgan fingerprint density at radius 1 is 0.904 bits per heavy atom. The van der Waals surface area contributed by atoms with Crippen molar-refractivity contribution in [1.29, 1.82) is 0 Å². The third-order valence-electron chi connectivity index (χ3n) is 13.8. The van der Waals surface area contributed by atoms with Crippen LogP contribution >= 0.6 is 0 Å². The normalized spacial score (nSPS) is 52.2. The van der Waals surface area contributed by atoms with Crippen molar-refractivity contribution in [2.24, 2.45) is 16.8 Å². The van der Waals surface area contributed by atoms with Crippen LogP contribution in [0.2, 0.25) is 0 Å². The average molecular weight is 732 g/mol. The zero-order valence-corrected chi connectivity index (χ0v) is 30.5. The van der Waals surface area contributed by atoms with Gasteiger partial charge in [-0.15, -0.1) is 0 Å². The van der Waals surface area contributed by atoms with Gasteiger partial charge in [0.05, 0.1) is 73.8 Å². The highest BCUT2D eigenvalue weighted by Crippen LogP contribution is 2.53. The Balaban J connectivity index is 1.15. The number of rotatable bonds is 4. The molecule has 0 aromatic carbocycles. The largest absolute Gasteiger partial charge is 0.394 e. The van der Waals surface area contributed by atoms with Gasteiger partial charge in [0.15, 0.2) is 5.79 Å². The standard InChI is InChI=1S/C39H57NO12/c1-19-10-24-8-9-38-17-27(44)37(52-38)32-16-34(51-38)39-33(49-32)7-5-25(50-39)12-21(42)13-26-29(48-31(36(26)45-3)14-22(43)18-41)15-30-35(40-39)20(2)11-23(47-30)4-6-28(19)46-24/h20,22-34,36-37,41,43-44H,1,4-18H2,2-3H3/t20-,22+,23+,24+,25-,26+,27-,28+,29+,30-,31-,32?,33+,34-,36-,37+,38-,39+/m1/s1. The van der Waals surface area contributed by atoms with Crippen molar-refractivity contribution in [2.75, 3.05) is 13.7 Å². The molecule has 0 aromatic heterocycles. The Hall–Kier alpha value is -1.36. The highest BCUT2D eigenvalue weighted by Gasteiger charge is 2.66. The van der Waals surface area contributed by atoms with Gasteiger partial charge in [-0.3, -0.25) is 9.79 Å². The van der Waals surface area contributed by atoms with E-state index in [0.717, 1.165) is 37.0 Å². The minimum absolute atomic E-state index is 0.0195. The Labute approximate surface area is 305 Å². The molecule has 7 fully saturated rings. The van der Waals surface area contributed by atoms with Crippen molar-refractivity contribution >= 4 is 11.5 Å². The molecule has 11 bridgehead atoms. The van der Waals surface area contributed by atoms with E-state index in [1.807, 2.05) is 0 Å². The Morgan fingerprint density at radius 2 is 1.73 bits per heavy atom. The second-order valence-electron chi connectivity index (χ2n) is 17.3. The van der Waals surface area contributed by atoms with Crippen molar-refractivity contribution in [1.82, 2.24) is 0 Å². The number of ketones is 1. The van der Waals surface area contributed by atoms with E-state index in [-0.39, 0.29) is 67.9 Å². The van der Waals surface area contributed by atoms with E-state index in [2.05, 4.69) is 13.5 Å². The fraction of sp³-hybridized carbons (Fsp3) is 0.897. The number of fused-ring (bicyclic) bond motifs is 8. The maximum atomic E-state index is 14.0. The second kappa shape index (κ2) is 14.0. The van der Waals surface area contributed by atoms with Crippen LogP contribution in [0.25, 0.3) is 0 Å². The zero-order chi connectivity index (χ0) is 35.9. The van der Waals surface area contributed by atoms with Gasteiger partial charge in [-0.25, -0.2) is 0 Å². The summed E-state index contributed by atoms with van der Waals surface area (Å²) in [5.74, 6) is -1.23. The summed E-state index contributed by atoms with van der Waals surface area (Å²) in [5.41, 5.74) is 0.746. The van der Waals surface area contributed by atoms with E-state index in [9.17, 15) is 20.1 Å². The predicted octanol–water partition coefficient (Wildman–Crippen LogP) is 2.68. The van der Waals surface area contributed by atoms with Crippen LogP contribution in [0.15, 0.2) is 17.1 Å². The number of hydrogen-bond donors (Lipinski definition) is 3. The monoisotopic (exact) mass is 731 g/mol. The van der Waals surface area contributed by atoms with E-state index in [0.29, 0.717) is 44.9 Å². The molecule has 13 heteroatoms. The van der Waals surface area contributed by atoms with Gasteiger partial charge in [0.2, 0.25) is 5.72 Å². The summed E-state index contributed by atoms with van der Waals surface area (Å²) in [6.07, 6.45) is 1.57. The SMILES string of the molecule is C=C1C[C@@H]2CC[C@]34C[C@@H](O)[C@H](O3)C3C[C@@H](O4)[C@]45N=C6[C@H](C)C[C@H](CC[C@@H]1O2)O[C@@H]6C[C@@H]1O[C@H](C[C@H](O)CO)[C@H](OC)[C@H]1CC(=O)C[C@@H](CC[C@@H]4O3)O5. The molecule has 290 valence electrons. The molecule has 10 aliphatic rings. The van der Waals surface area contributed by atoms with E-state index >= 15 is 0 Å². The van der Waals surface area contributed by atoms with Gasteiger partial charge in [0, 0.05) is 63.7 Å². The van der Waals surface area contributed by atoms with Crippen LogP contribution in [0.4, 0.5) is 0 Å². The van der Waals surface area contributed by atoms with Crippen LogP contribution in [-0.2, 0) is 42.7 Å². The zero-order valence-electron chi connectivity index (χ0n) is 30.5. The van der Waals surface area contributed by atoms with Gasteiger partial charge in [0.1, 0.15) is 24.1 Å². The minimum Gasteiger partial charge on any atom is -0.394 e. The quantitative estimate of drug-likeness (QED) is 0.363. The fourth-order valence-corrected chi connectivity index (χ4v) is 11.3. The summed E-state index contributed by atoms with van der Waals surface area (Å²) >= 11 is 0. The smallest absolute Gasteiger partial charge is 0.211 e. The lowest BCUT2D eigenvalue weighted by Gasteiger charge is -2.54. The molecule has 1 unspecified atom stereocenters. The van der Waals surface area contributed by atoms with Gasteiger partial charge < -0.3 is 53.2 Å². The van der Waals surface area contributed by atoms with Crippen LogP contribution in [0, 0.1) is 11.8 Å². The Bertz CT molecular complexity index is 1410. The number of nitrogens with zero attached hydrogens (tertiary/aromatic N) is 1. The number of methoxy groups -OCH3 is 1. The topological polar surface area (TPSA) is 164 Å². The van der Waals surface area contributed by atoms with Crippen LogP contribution in [0.3, 0.4) is 0 Å². The number of carbonyl (C=O) groups is 1. The van der Waals surface area contributed by atoms with Crippen molar-refractivity contribution in [3.63, 3.8) is 0 Å². The van der Waals surface area contributed by atoms with Gasteiger partial charge in [0.25, 0.3) is 0 Å².